The van der Waals surface area contributed by atoms with Crippen LogP contribution in [0.5, 0.6) is 0 Å². The Balaban J connectivity index is 1.55. The van der Waals surface area contributed by atoms with Crippen LogP contribution >= 0.6 is 0 Å². The van der Waals surface area contributed by atoms with E-state index < -0.39 is 12.1 Å². The zero-order valence-corrected chi connectivity index (χ0v) is 16.0. The Hall–Kier alpha value is -0.740. The van der Waals surface area contributed by atoms with Gasteiger partial charge in [-0.1, -0.05) is 19.8 Å². The first-order chi connectivity index (χ1) is 12.3. The van der Waals surface area contributed by atoms with E-state index in [0.29, 0.717) is 30.7 Å². The zero-order chi connectivity index (χ0) is 18.7. The first-order valence-electron chi connectivity index (χ1n) is 10.7. The van der Waals surface area contributed by atoms with Crippen molar-refractivity contribution in [1.29, 1.82) is 0 Å². The predicted molar refractivity (Wildman–Crippen MR) is 96.5 cm³/mol. The van der Waals surface area contributed by atoms with E-state index >= 15 is 0 Å². The third-order valence-corrected chi connectivity index (χ3v) is 7.36. The van der Waals surface area contributed by atoms with Gasteiger partial charge in [-0.3, -0.25) is 4.79 Å². The number of carbonyl (C=O) groups excluding carboxylic acids is 1. The van der Waals surface area contributed by atoms with Gasteiger partial charge in [-0.15, -0.1) is 0 Å². The molecule has 0 aromatic rings. The summed E-state index contributed by atoms with van der Waals surface area (Å²) in [6.45, 7) is 2.27. The number of hydrogen-bond acceptors (Lipinski definition) is 1. The molecule has 26 heavy (non-hydrogen) atoms. The van der Waals surface area contributed by atoms with Gasteiger partial charge in [-0.2, -0.15) is 13.2 Å². The van der Waals surface area contributed by atoms with Crippen LogP contribution in [-0.2, 0) is 4.79 Å². The minimum atomic E-state index is -4.05. The summed E-state index contributed by atoms with van der Waals surface area (Å²) in [5.74, 6) is 0.437. The largest absolute Gasteiger partial charge is 0.391 e. The summed E-state index contributed by atoms with van der Waals surface area (Å²) in [4.78, 5) is 12.9. The molecule has 1 N–H and O–H groups in total. The van der Waals surface area contributed by atoms with Crippen molar-refractivity contribution in [3.8, 4) is 0 Å². The fraction of sp³-hybridized carbons (Fsp3) is 0.952. The zero-order valence-electron chi connectivity index (χ0n) is 16.0. The molecule has 0 spiro atoms. The maximum atomic E-state index is 12.9. The Bertz CT molecular complexity index is 462. The molecule has 0 aliphatic heterocycles. The SMILES string of the molecule is CC1CCC(NC(=O)C2CCCCC2C2CCC(C(F)(F)F)CC2)CC1. The van der Waals surface area contributed by atoms with Crippen molar-refractivity contribution >= 4 is 5.91 Å². The van der Waals surface area contributed by atoms with Crippen LogP contribution in [0.4, 0.5) is 13.2 Å². The summed E-state index contributed by atoms with van der Waals surface area (Å²) in [6.07, 6.45) is 6.36. The third-order valence-electron chi connectivity index (χ3n) is 7.36. The van der Waals surface area contributed by atoms with Crippen molar-refractivity contribution in [3.05, 3.63) is 0 Å². The Morgan fingerprint density at radius 2 is 1.46 bits per heavy atom. The molecule has 0 radical (unpaired) electrons. The molecular formula is C21H34F3NO. The second kappa shape index (κ2) is 8.52. The Kier molecular flexibility index (Phi) is 6.55. The van der Waals surface area contributed by atoms with Gasteiger partial charge in [-0.05, 0) is 82.0 Å². The van der Waals surface area contributed by atoms with E-state index in [9.17, 15) is 18.0 Å². The first kappa shape index (κ1) is 20.0. The number of carbonyl (C=O) groups is 1. The molecule has 5 heteroatoms. The van der Waals surface area contributed by atoms with Gasteiger partial charge in [0.05, 0.1) is 5.92 Å². The fourth-order valence-electron chi connectivity index (χ4n) is 5.64. The third kappa shape index (κ3) is 4.95. The molecule has 0 bridgehead atoms. The lowest BCUT2D eigenvalue weighted by Crippen LogP contribution is -2.45. The highest BCUT2D eigenvalue weighted by Crippen LogP contribution is 2.46. The molecule has 3 saturated carbocycles. The number of rotatable bonds is 3. The van der Waals surface area contributed by atoms with E-state index in [1.807, 2.05) is 0 Å². The summed E-state index contributed by atoms with van der Waals surface area (Å²) in [5, 5.41) is 3.29. The molecule has 3 rings (SSSR count). The average Bonchev–Trinajstić information content (AvgIpc) is 2.63. The van der Waals surface area contributed by atoms with Crippen molar-refractivity contribution in [2.75, 3.05) is 0 Å². The summed E-state index contributed by atoms with van der Waals surface area (Å²) >= 11 is 0. The smallest absolute Gasteiger partial charge is 0.353 e. The number of alkyl halides is 3. The molecule has 150 valence electrons. The Labute approximate surface area is 155 Å². The molecular weight excluding hydrogens is 339 g/mol. The van der Waals surface area contributed by atoms with Crippen LogP contribution in [-0.4, -0.2) is 18.1 Å². The number of amides is 1. The van der Waals surface area contributed by atoms with Crippen LogP contribution in [0.15, 0.2) is 0 Å². The van der Waals surface area contributed by atoms with E-state index in [2.05, 4.69) is 12.2 Å². The molecule has 2 nitrogen and oxygen atoms in total. The number of nitrogens with one attached hydrogen (secondary N) is 1. The highest BCUT2D eigenvalue weighted by atomic mass is 19.4. The lowest BCUT2D eigenvalue weighted by Gasteiger charge is -2.40. The van der Waals surface area contributed by atoms with E-state index in [1.54, 1.807) is 0 Å². The van der Waals surface area contributed by atoms with Gasteiger partial charge >= 0.3 is 6.18 Å². The lowest BCUT2D eigenvalue weighted by molar-refractivity contribution is -0.185. The topological polar surface area (TPSA) is 29.1 Å². The highest BCUT2D eigenvalue weighted by molar-refractivity contribution is 5.79. The fourth-order valence-corrected chi connectivity index (χ4v) is 5.64. The molecule has 1 amide bonds. The number of hydrogen-bond donors (Lipinski definition) is 1. The molecule has 3 aliphatic rings. The minimum Gasteiger partial charge on any atom is -0.353 e. The van der Waals surface area contributed by atoms with Crippen LogP contribution in [0, 0.1) is 29.6 Å². The average molecular weight is 374 g/mol. The van der Waals surface area contributed by atoms with Crippen LogP contribution in [0.25, 0.3) is 0 Å². The summed E-state index contributed by atoms with van der Waals surface area (Å²) in [7, 11) is 0. The first-order valence-corrected chi connectivity index (χ1v) is 10.7. The second-order valence-electron chi connectivity index (χ2n) is 9.17. The van der Waals surface area contributed by atoms with E-state index in [4.69, 9.17) is 0 Å². The maximum Gasteiger partial charge on any atom is 0.391 e. The van der Waals surface area contributed by atoms with Gasteiger partial charge in [-0.25, -0.2) is 0 Å². The summed E-state index contributed by atoms with van der Waals surface area (Å²) < 4.78 is 38.8. The maximum absolute atomic E-state index is 12.9. The predicted octanol–water partition coefficient (Wildman–Crippen LogP) is 5.86. The molecule has 2 atom stereocenters. The van der Waals surface area contributed by atoms with Gasteiger partial charge in [0.1, 0.15) is 0 Å². The lowest BCUT2D eigenvalue weighted by atomic mass is 9.66. The van der Waals surface area contributed by atoms with Gasteiger partial charge in [0, 0.05) is 12.0 Å². The molecule has 0 aromatic heterocycles. The monoisotopic (exact) mass is 373 g/mol. The van der Waals surface area contributed by atoms with Crippen LogP contribution in [0.1, 0.15) is 84.0 Å². The molecule has 2 unspecified atom stereocenters. The van der Waals surface area contributed by atoms with Crippen molar-refractivity contribution in [2.45, 2.75) is 96.2 Å². The molecule has 0 saturated heterocycles. The molecule has 3 fully saturated rings. The van der Waals surface area contributed by atoms with Gasteiger partial charge in [0.15, 0.2) is 0 Å². The summed E-state index contributed by atoms with van der Waals surface area (Å²) in [6, 6.07) is 0.308. The number of halogens is 3. The Morgan fingerprint density at radius 1 is 0.846 bits per heavy atom. The standard InChI is InChI=1S/C21H34F3NO/c1-14-6-12-17(13-7-14)25-20(26)19-5-3-2-4-18(19)15-8-10-16(11-9-15)21(22,23)24/h14-19H,2-13H2,1H3,(H,25,26). The van der Waals surface area contributed by atoms with Crippen LogP contribution < -0.4 is 5.32 Å². The molecule has 0 aromatic carbocycles. The minimum absolute atomic E-state index is 0.0236. The Morgan fingerprint density at radius 3 is 2.08 bits per heavy atom. The van der Waals surface area contributed by atoms with Crippen molar-refractivity contribution < 1.29 is 18.0 Å². The van der Waals surface area contributed by atoms with E-state index in [1.165, 1.54) is 12.8 Å². The van der Waals surface area contributed by atoms with Crippen LogP contribution in [0.2, 0.25) is 0 Å². The second-order valence-corrected chi connectivity index (χ2v) is 9.17. The normalized spacial score (nSPS) is 39.4. The van der Waals surface area contributed by atoms with Crippen molar-refractivity contribution in [2.24, 2.45) is 29.6 Å². The van der Waals surface area contributed by atoms with Gasteiger partial charge in [0.25, 0.3) is 0 Å². The molecule has 0 heterocycles. The van der Waals surface area contributed by atoms with Crippen LogP contribution in [0.3, 0.4) is 0 Å². The quantitative estimate of drug-likeness (QED) is 0.660. The van der Waals surface area contributed by atoms with E-state index in [-0.39, 0.29) is 24.7 Å². The van der Waals surface area contributed by atoms with Crippen molar-refractivity contribution in [1.82, 2.24) is 5.32 Å². The van der Waals surface area contributed by atoms with E-state index in [0.717, 1.165) is 44.4 Å². The van der Waals surface area contributed by atoms with Gasteiger partial charge in [0.2, 0.25) is 5.91 Å². The summed E-state index contributed by atoms with van der Waals surface area (Å²) in [5.41, 5.74) is 0. The highest BCUT2D eigenvalue weighted by Gasteiger charge is 2.44. The molecule has 3 aliphatic carbocycles. The van der Waals surface area contributed by atoms with Gasteiger partial charge < -0.3 is 5.32 Å². The van der Waals surface area contributed by atoms with Crippen molar-refractivity contribution in [3.63, 3.8) is 0 Å².